The number of anilines is 2. The molecule has 3 aromatic heterocycles. The third-order valence-electron chi connectivity index (χ3n) is 5.73. The van der Waals surface area contributed by atoms with Crippen molar-refractivity contribution in [2.45, 2.75) is 19.4 Å². The zero-order valence-electron chi connectivity index (χ0n) is 17.3. The molecule has 158 valence electrons. The van der Waals surface area contributed by atoms with E-state index >= 15 is 0 Å². The van der Waals surface area contributed by atoms with E-state index in [1.165, 1.54) is 6.07 Å². The van der Waals surface area contributed by atoms with Crippen molar-refractivity contribution < 1.29 is 9.18 Å². The molecule has 0 radical (unpaired) electrons. The van der Waals surface area contributed by atoms with Crippen molar-refractivity contribution in [3.63, 3.8) is 0 Å². The number of benzene rings is 1. The molecule has 0 saturated carbocycles. The second-order valence-electron chi connectivity index (χ2n) is 7.79. The first-order valence-corrected chi connectivity index (χ1v) is 10.2. The smallest absolute Gasteiger partial charge is 0.257 e. The fraction of sp³-hybridized carbons (Fsp3) is 0.273. The Bertz CT molecular complexity index is 1300. The van der Waals surface area contributed by atoms with Crippen molar-refractivity contribution in [2.24, 2.45) is 0 Å². The maximum absolute atomic E-state index is 14.4. The first-order chi connectivity index (χ1) is 15.0. The van der Waals surface area contributed by atoms with E-state index < -0.39 is 5.82 Å². The summed E-state index contributed by atoms with van der Waals surface area (Å²) in [5, 5.41) is 15.2. The molecule has 1 aliphatic rings. The number of rotatable bonds is 4. The highest BCUT2D eigenvalue weighted by Crippen LogP contribution is 2.30. The average Bonchev–Trinajstić information content (AvgIpc) is 3.39. The number of aromatic nitrogens is 4. The van der Waals surface area contributed by atoms with Crippen LogP contribution < -0.4 is 15.5 Å². The Kier molecular flexibility index (Phi) is 4.74. The molecule has 1 amide bonds. The molecule has 4 aromatic rings. The normalized spacial score (nSPS) is 16.4. The number of aryl methyl sites for hydroxylation is 1. The lowest BCUT2D eigenvalue weighted by Crippen LogP contribution is -2.29. The van der Waals surface area contributed by atoms with Crippen molar-refractivity contribution in [1.82, 2.24) is 24.9 Å². The Labute approximate surface area is 178 Å². The van der Waals surface area contributed by atoms with Gasteiger partial charge in [-0.1, -0.05) is 0 Å². The van der Waals surface area contributed by atoms with Gasteiger partial charge in [0, 0.05) is 48.7 Å². The maximum Gasteiger partial charge on any atom is 0.257 e. The molecular weight excluding hydrogens is 397 g/mol. The number of carbonyl (C=O) groups excluding carboxylic acids is 1. The van der Waals surface area contributed by atoms with Gasteiger partial charge >= 0.3 is 0 Å². The van der Waals surface area contributed by atoms with E-state index in [-0.39, 0.29) is 11.6 Å². The third-order valence-corrected chi connectivity index (χ3v) is 5.73. The number of hydrogen-bond acceptors (Lipinski definition) is 6. The van der Waals surface area contributed by atoms with Gasteiger partial charge in [-0.3, -0.25) is 4.79 Å². The van der Waals surface area contributed by atoms with Gasteiger partial charge in [-0.15, -0.1) is 5.10 Å². The van der Waals surface area contributed by atoms with Crippen LogP contribution in [0.2, 0.25) is 0 Å². The van der Waals surface area contributed by atoms with Crippen LogP contribution in [0, 0.1) is 12.7 Å². The minimum absolute atomic E-state index is 0.224. The molecule has 1 saturated heterocycles. The molecular formula is C22H22FN7O. The summed E-state index contributed by atoms with van der Waals surface area (Å²) in [4.78, 5) is 19.5. The molecule has 1 fully saturated rings. The number of carbonyl (C=O) groups is 1. The summed E-state index contributed by atoms with van der Waals surface area (Å²) in [7, 11) is 1.97. The quantitative estimate of drug-likeness (QED) is 0.529. The lowest BCUT2D eigenvalue weighted by Gasteiger charge is -2.21. The molecule has 1 atom stereocenters. The van der Waals surface area contributed by atoms with Crippen molar-refractivity contribution in [3.05, 3.63) is 59.9 Å². The van der Waals surface area contributed by atoms with Crippen molar-refractivity contribution >= 4 is 33.8 Å². The standard InChI is InChI=1S/C22H22FN7O/c1-13-10-30-12-15(9-18(23)21(30)26-13)27-22(31)17-3-4-19(16-5-7-25-28-20(16)17)29-8-6-14(11-29)24-2/h3-5,7,9-10,12,14,24H,6,8,11H2,1-2H3,(H,27,31)/t14-/m0/s1. The SMILES string of the molecule is CN[C@H]1CCN(c2ccc(C(=O)Nc3cc(F)c4nc(C)cn4c3)c3nnccc23)C1. The van der Waals surface area contributed by atoms with Crippen LogP contribution in [0.4, 0.5) is 15.8 Å². The van der Waals surface area contributed by atoms with Crippen molar-refractivity contribution in [2.75, 3.05) is 30.4 Å². The van der Waals surface area contributed by atoms with Crippen LogP contribution in [0.15, 0.2) is 42.9 Å². The highest BCUT2D eigenvalue weighted by atomic mass is 19.1. The zero-order chi connectivity index (χ0) is 21.5. The number of halogens is 1. The molecule has 8 nitrogen and oxygen atoms in total. The van der Waals surface area contributed by atoms with Crippen LogP contribution in [0.1, 0.15) is 22.5 Å². The molecule has 4 heterocycles. The van der Waals surface area contributed by atoms with E-state index in [0.29, 0.717) is 28.5 Å². The van der Waals surface area contributed by atoms with Gasteiger partial charge in [0.15, 0.2) is 11.5 Å². The van der Waals surface area contributed by atoms with E-state index in [1.807, 2.05) is 19.2 Å². The van der Waals surface area contributed by atoms with Crippen LogP contribution in [-0.2, 0) is 0 Å². The van der Waals surface area contributed by atoms with Crippen molar-refractivity contribution in [1.29, 1.82) is 0 Å². The molecule has 1 aromatic carbocycles. The molecule has 31 heavy (non-hydrogen) atoms. The number of likely N-dealkylation sites (N-methyl/N-ethyl adjacent to an activating group) is 1. The first-order valence-electron chi connectivity index (χ1n) is 10.2. The number of hydrogen-bond donors (Lipinski definition) is 2. The van der Waals surface area contributed by atoms with Gasteiger partial charge in [0.25, 0.3) is 5.91 Å². The Balaban J connectivity index is 1.49. The first kappa shape index (κ1) is 19.4. The number of nitrogens with one attached hydrogen (secondary N) is 2. The molecule has 1 aliphatic heterocycles. The van der Waals surface area contributed by atoms with Gasteiger partial charge in [-0.2, -0.15) is 5.10 Å². The Morgan fingerprint density at radius 2 is 2.13 bits per heavy atom. The summed E-state index contributed by atoms with van der Waals surface area (Å²) in [6.45, 7) is 3.61. The summed E-state index contributed by atoms with van der Waals surface area (Å²) in [6.07, 6.45) is 6.03. The maximum atomic E-state index is 14.4. The largest absolute Gasteiger partial charge is 0.369 e. The lowest BCUT2D eigenvalue weighted by molar-refractivity contribution is 0.102. The number of amides is 1. The number of fused-ring (bicyclic) bond motifs is 2. The minimum atomic E-state index is -0.501. The van der Waals surface area contributed by atoms with Crippen LogP contribution in [0.3, 0.4) is 0 Å². The van der Waals surface area contributed by atoms with E-state index in [1.54, 1.807) is 36.0 Å². The Morgan fingerprint density at radius 3 is 2.94 bits per heavy atom. The van der Waals surface area contributed by atoms with Gasteiger partial charge in [0.2, 0.25) is 0 Å². The molecule has 5 rings (SSSR count). The van der Waals surface area contributed by atoms with Crippen LogP contribution in [0.25, 0.3) is 16.6 Å². The summed E-state index contributed by atoms with van der Waals surface area (Å²) in [5.74, 6) is -0.874. The van der Waals surface area contributed by atoms with Crippen molar-refractivity contribution in [3.8, 4) is 0 Å². The lowest BCUT2D eigenvalue weighted by atomic mass is 10.1. The van der Waals surface area contributed by atoms with Crippen LogP contribution in [-0.4, -0.2) is 51.7 Å². The Morgan fingerprint density at radius 1 is 1.26 bits per heavy atom. The van der Waals surface area contributed by atoms with E-state index in [9.17, 15) is 9.18 Å². The molecule has 0 spiro atoms. The average molecular weight is 419 g/mol. The second-order valence-corrected chi connectivity index (χ2v) is 7.79. The molecule has 9 heteroatoms. The monoisotopic (exact) mass is 419 g/mol. The molecule has 0 unspecified atom stereocenters. The third kappa shape index (κ3) is 3.46. The fourth-order valence-corrected chi connectivity index (χ4v) is 4.19. The van der Waals surface area contributed by atoms with E-state index in [0.717, 1.165) is 30.6 Å². The fourth-order valence-electron chi connectivity index (χ4n) is 4.19. The van der Waals surface area contributed by atoms with Gasteiger partial charge in [-0.05, 0) is 38.6 Å². The van der Waals surface area contributed by atoms with Gasteiger partial charge < -0.3 is 19.9 Å². The summed E-state index contributed by atoms with van der Waals surface area (Å²) < 4.78 is 15.9. The summed E-state index contributed by atoms with van der Waals surface area (Å²) >= 11 is 0. The van der Waals surface area contributed by atoms with Gasteiger partial charge in [0.1, 0.15) is 5.52 Å². The predicted molar refractivity (Wildman–Crippen MR) is 117 cm³/mol. The van der Waals surface area contributed by atoms with Gasteiger partial charge in [-0.25, -0.2) is 9.37 Å². The zero-order valence-corrected chi connectivity index (χ0v) is 17.3. The second kappa shape index (κ2) is 7.59. The highest BCUT2D eigenvalue weighted by molar-refractivity contribution is 6.13. The van der Waals surface area contributed by atoms with Crippen LogP contribution in [0.5, 0.6) is 0 Å². The number of pyridine rings is 1. The van der Waals surface area contributed by atoms with E-state index in [2.05, 4.69) is 30.7 Å². The summed E-state index contributed by atoms with van der Waals surface area (Å²) in [5.41, 5.74) is 3.19. The minimum Gasteiger partial charge on any atom is -0.369 e. The number of nitrogens with zero attached hydrogens (tertiary/aromatic N) is 5. The molecule has 2 N–H and O–H groups in total. The highest BCUT2D eigenvalue weighted by Gasteiger charge is 2.24. The summed E-state index contributed by atoms with van der Waals surface area (Å²) in [6, 6.07) is 7.28. The van der Waals surface area contributed by atoms with Gasteiger partial charge in [0.05, 0.1) is 23.1 Å². The van der Waals surface area contributed by atoms with Crippen LogP contribution >= 0.6 is 0 Å². The molecule has 0 aliphatic carbocycles. The predicted octanol–water partition coefficient (Wildman–Crippen LogP) is 2.78. The Hall–Kier alpha value is -3.59. The number of imidazole rings is 1. The molecule has 0 bridgehead atoms. The van der Waals surface area contributed by atoms with E-state index in [4.69, 9.17) is 0 Å². The topological polar surface area (TPSA) is 87.5 Å².